The van der Waals surface area contributed by atoms with Crippen LogP contribution in [-0.2, 0) is 11.3 Å². The first-order valence-electron chi connectivity index (χ1n) is 6.56. The third-order valence-electron chi connectivity index (χ3n) is 3.61. The smallest absolute Gasteiger partial charge is 0.0824 e. The van der Waals surface area contributed by atoms with E-state index in [2.05, 4.69) is 50.2 Å². The summed E-state index contributed by atoms with van der Waals surface area (Å²) in [4.78, 5) is 5.73. The molecular weight excluding hydrogens is 306 g/mol. The molecule has 102 valence electrons. The molecule has 2 heterocycles. The average molecular weight is 324 g/mol. The van der Waals surface area contributed by atoms with E-state index in [0.29, 0.717) is 6.54 Å². The summed E-state index contributed by atoms with van der Waals surface area (Å²) in [6.07, 6.45) is 2.27. The van der Waals surface area contributed by atoms with E-state index in [1.807, 2.05) is 0 Å². The fraction of sp³-hybridized carbons (Fsp3) is 0.429. The minimum absolute atomic E-state index is 0.172. The molecule has 19 heavy (non-hydrogen) atoms. The van der Waals surface area contributed by atoms with Crippen molar-refractivity contribution in [3.63, 3.8) is 0 Å². The first-order valence-corrected chi connectivity index (χ1v) is 7.35. The Morgan fingerprint density at radius 1 is 1.47 bits per heavy atom. The molecule has 1 aliphatic rings. The van der Waals surface area contributed by atoms with Gasteiger partial charge in [0.25, 0.3) is 0 Å². The van der Waals surface area contributed by atoms with Crippen LogP contribution in [0.5, 0.6) is 0 Å². The van der Waals surface area contributed by atoms with Gasteiger partial charge in [-0.1, -0.05) is 15.9 Å². The lowest BCUT2D eigenvalue weighted by molar-refractivity contribution is -0.0259. The Balaban J connectivity index is 1.79. The molecule has 1 aromatic heterocycles. The van der Waals surface area contributed by atoms with E-state index in [1.54, 1.807) is 0 Å². The molecule has 1 unspecified atom stereocenters. The lowest BCUT2D eigenvalue weighted by Gasteiger charge is -2.32. The summed E-state index contributed by atoms with van der Waals surface area (Å²) in [6, 6.07) is 6.33. The Morgan fingerprint density at radius 2 is 2.37 bits per heavy atom. The molecule has 3 rings (SSSR count). The Hall–Kier alpha value is -0.880. The number of H-pyrrole nitrogens is 1. The van der Waals surface area contributed by atoms with E-state index in [0.717, 1.165) is 30.7 Å². The van der Waals surface area contributed by atoms with Crippen molar-refractivity contribution in [2.45, 2.75) is 12.6 Å². The third kappa shape index (κ3) is 2.84. The Kier molecular flexibility index (Phi) is 3.88. The summed E-state index contributed by atoms with van der Waals surface area (Å²) in [7, 11) is 0. The SMILES string of the molecule is NCC1CN(Cc2c[nH]c3ccc(Br)cc23)CCO1. The van der Waals surface area contributed by atoms with Gasteiger partial charge in [0.1, 0.15) is 0 Å². The van der Waals surface area contributed by atoms with Crippen molar-refractivity contribution in [3.05, 3.63) is 34.4 Å². The number of morpholine rings is 1. The lowest BCUT2D eigenvalue weighted by Crippen LogP contribution is -2.45. The lowest BCUT2D eigenvalue weighted by atomic mass is 10.1. The monoisotopic (exact) mass is 323 g/mol. The number of nitrogens with zero attached hydrogens (tertiary/aromatic N) is 1. The van der Waals surface area contributed by atoms with Crippen LogP contribution in [0, 0.1) is 0 Å². The zero-order valence-electron chi connectivity index (χ0n) is 10.7. The molecule has 5 heteroatoms. The van der Waals surface area contributed by atoms with Gasteiger partial charge in [-0.05, 0) is 23.8 Å². The standard InChI is InChI=1S/C14H18BrN3O/c15-11-1-2-14-13(5-11)10(7-17-14)8-18-3-4-19-12(6-16)9-18/h1-2,5,7,12,17H,3-4,6,8-9,16H2. The number of fused-ring (bicyclic) bond motifs is 1. The molecule has 0 bridgehead atoms. The Labute approximate surface area is 121 Å². The molecule has 0 radical (unpaired) electrons. The summed E-state index contributed by atoms with van der Waals surface area (Å²) in [5, 5.41) is 1.28. The summed E-state index contributed by atoms with van der Waals surface area (Å²) in [6.45, 7) is 4.19. The summed E-state index contributed by atoms with van der Waals surface area (Å²) < 4.78 is 6.71. The van der Waals surface area contributed by atoms with E-state index in [9.17, 15) is 0 Å². The molecule has 3 N–H and O–H groups in total. The van der Waals surface area contributed by atoms with Crippen LogP contribution in [0.4, 0.5) is 0 Å². The van der Waals surface area contributed by atoms with Crippen LogP contribution in [-0.4, -0.2) is 42.2 Å². The number of nitrogens with two attached hydrogens (primary N) is 1. The van der Waals surface area contributed by atoms with Gasteiger partial charge in [-0.25, -0.2) is 0 Å². The van der Waals surface area contributed by atoms with Gasteiger partial charge in [-0.3, -0.25) is 4.90 Å². The number of aromatic nitrogens is 1. The molecule has 0 saturated carbocycles. The van der Waals surface area contributed by atoms with Crippen LogP contribution in [0.1, 0.15) is 5.56 Å². The quantitative estimate of drug-likeness (QED) is 0.909. The number of ether oxygens (including phenoxy) is 1. The maximum atomic E-state index is 5.69. The molecule has 1 aromatic carbocycles. The maximum Gasteiger partial charge on any atom is 0.0824 e. The molecule has 0 aliphatic carbocycles. The largest absolute Gasteiger partial charge is 0.374 e. The third-order valence-corrected chi connectivity index (χ3v) is 4.10. The van der Waals surface area contributed by atoms with Gasteiger partial charge in [0.15, 0.2) is 0 Å². The second-order valence-corrected chi connectivity index (χ2v) is 5.88. The van der Waals surface area contributed by atoms with Gasteiger partial charge in [-0.2, -0.15) is 0 Å². The van der Waals surface area contributed by atoms with Gasteiger partial charge in [0.2, 0.25) is 0 Å². The summed E-state index contributed by atoms with van der Waals surface area (Å²) >= 11 is 3.53. The number of rotatable bonds is 3. The Bertz CT molecular complexity index is 569. The number of halogens is 1. The highest BCUT2D eigenvalue weighted by Gasteiger charge is 2.20. The average Bonchev–Trinajstić information content (AvgIpc) is 2.81. The van der Waals surface area contributed by atoms with E-state index in [1.165, 1.54) is 16.5 Å². The van der Waals surface area contributed by atoms with E-state index in [-0.39, 0.29) is 6.10 Å². The van der Waals surface area contributed by atoms with Gasteiger partial charge in [-0.15, -0.1) is 0 Å². The van der Waals surface area contributed by atoms with Crippen molar-refractivity contribution in [2.24, 2.45) is 5.73 Å². The highest BCUT2D eigenvalue weighted by atomic mass is 79.9. The maximum absolute atomic E-state index is 5.69. The predicted molar refractivity (Wildman–Crippen MR) is 80.1 cm³/mol. The fourth-order valence-corrected chi connectivity index (χ4v) is 2.95. The van der Waals surface area contributed by atoms with Gasteiger partial charge >= 0.3 is 0 Å². The van der Waals surface area contributed by atoms with Crippen LogP contribution in [0.15, 0.2) is 28.9 Å². The second-order valence-electron chi connectivity index (χ2n) is 4.97. The number of aromatic amines is 1. The molecule has 4 nitrogen and oxygen atoms in total. The first kappa shape index (κ1) is 13.1. The first-order chi connectivity index (χ1) is 9.26. The second kappa shape index (κ2) is 5.63. The molecular formula is C14H18BrN3O. The highest BCUT2D eigenvalue weighted by molar-refractivity contribution is 9.10. The van der Waals surface area contributed by atoms with Crippen molar-refractivity contribution in [2.75, 3.05) is 26.2 Å². The molecule has 1 fully saturated rings. The molecule has 1 aliphatic heterocycles. The topological polar surface area (TPSA) is 54.3 Å². The molecule has 1 atom stereocenters. The molecule has 0 spiro atoms. The number of hydrogen-bond acceptors (Lipinski definition) is 3. The minimum atomic E-state index is 0.172. The van der Waals surface area contributed by atoms with Gasteiger partial charge in [0.05, 0.1) is 12.7 Å². The summed E-state index contributed by atoms with van der Waals surface area (Å²) in [5.74, 6) is 0. The van der Waals surface area contributed by atoms with Crippen LogP contribution in [0.25, 0.3) is 10.9 Å². The van der Waals surface area contributed by atoms with Crippen molar-refractivity contribution in [1.82, 2.24) is 9.88 Å². The number of hydrogen-bond donors (Lipinski definition) is 2. The minimum Gasteiger partial charge on any atom is -0.374 e. The van der Waals surface area contributed by atoms with Gasteiger partial charge in [0, 0.05) is 47.8 Å². The molecule has 0 amide bonds. The Morgan fingerprint density at radius 3 is 3.21 bits per heavy atom. The van der Waals surface area contributed by atoms with Crippen molar-refractivity contribution < 1.29 is 4.74 Å². The zero-order valence-corrected chi connectivity index (χ0v) is 12.3. The predicted octanol–water partition coefficient (Wildman–Crippen LogP) is 2.09. The van der Waals surface area contributed by atoms with Crippen molar-refractivity contribution in [3.8, 4) is 0 Å². The van der Waals surface area contributed by atoms with Crippen LogP contribution in [0.3, 0.4) is 0 Å². The van der Waals surface area contributed by atoms with Crippen LogP contribution in [0.2, 0.25) is 0 Å². The van der Waals surface area contributed by atoms with E-state index < -0.39 is 0 Å². The molecule has 2 aromatic rings. The fourth-order valence-electron chi connectivity index (χ4n) is 2.59. The van der Waals surface area contributed by atoms with E-state index in [4.69, 9.17) is 10.5 Å². The number of benzene rings is 1. The normalized spacial score (nSPS) is 21.1. The highest BCUT2D eigenvalue weighted by Crippen LogP contribution is 2.24. The summed E-state index contributed by atoms with van der Waals surface area (Å²) in [5.41, 5.74) is 8.20. The van der Waals surface area contributed by atoms with Crippen molar-refractivity contribution >= 4 is 26.8 Å². The van der Waals surface area contributed by atoms with Crippen LogP contribution < -0.4 is 5.73 Å². The number of nitrogens with one attached hydrogen (secondary N) is 1. The zero-order chi connectivity index (χ0) is 13.2. The van der Waals surface area contributed by atoms with Crippen molar-refractivity contribution in [1.29, 1.82) is 0 Å². The van der Waals surface area contributed by atoms with Gasteiger partial charge < -0.3 is 15.5 Å². The van der Waals surface area contributed by atoms with Crippen LogP contribution >= 0.6 is 15.9 Å². The van der Waals surface area contributed by atoms with E-state index >= 15 is 0 Å². The molecule has 1 saturated heterocycles.